The van der Waals surface area contributed by atoms with Crippen molar-refractivity contribution in [2.45, 2.75) is 23.9 Å². The van der Waals surface area contributed by atoms with Crippen LogP contribution in [-0.4, -0.2) is 19.7 Å². The third-order valence-corrected chi connectivity index (χ3v) is 5.40. The highest BCUT2D eigenvalue weighted by atomic mass is 32.2. The molecular weight excluding hydrogens is 329 g/mol. The number of benzene rings is 2. The molecule has 0 radical (unpaired) electrons. The molecule has 0 aromatic heterocycles. The van der Waals surface area contributed by atoms with Crippen molar-refractivity contribution in [2.24, 2.45) is 0 Å². The normalized spacial score (nSPS) is 18.3. The van der Waals surface area contributed by atoms with E-state index in [9.17, 15) is 4.39 Å². The summed E-state index contributed by atoms with van der Waals surface area (Å²) in [6.45, 7) is 0.868. The number of nitrogens with one attached hydrogen (secondary N) is 1. The second kappa shape index (κ2) is 6.53. The first-order valence-electron chi connectivity index (χ1n) is 7.87. The summed E-state index contributed by atoms with van der Waals surface area (Å²) in [6.07, 6.45) is 0.975. The van der Waals surface area contributed by atoms with Gasteiger partial charge >= 0.3 is 0 Å². The molecule has 0 saturated heterocycles. The van der Waals surface area contributed by atoms with Crippen molar-refractivity contribution >= 4 is 11.8 Å². The smallest absolute Gasteiger partial charge is 0.231 e. The van der Waals surface area contributed by atoms with E-state index in [0.29, 0.717) is 23.8 Å². The summed E-state index contributed by atoms with van der Waals surface area (Å²) >= 11 is 1.78. The first-order valence-corrected chi connectivity index (χ1v) is 8.85. The van der Waals surface area contributed by atoms with Crippen LogP contribution < -0.4 is 19.5 Å². The molecule has 1 unspecified atom stereocenters. The second-order valence-corrected chi connectivity index (χ2v) is 6.92. The van der Waals surface area contributed by atoms with Crippen LogP contribution in [-0.2, 0) is 6.54 Å². The van der Waals surface area contributed by atoms with E-state index in [4.69, 9.17) is 14.2 Å². The summed E-state index contributed by atoms with van der Waals surface area (Å²) in [5.41, 5.74) is 2.09. The quantitative estimate of drug-likeness (QED) is 0.909. The third-order valence-electron chi connectivity index (χ3n) is 4.28. The first-order chi connectivity index (χ1) is 11.7. The van der Waals surface area contributed by atoms with Crippen molar-refractivity contribution < 1.29 is 18.6 Å². The lowest BCUT2D eigenvalue weighted by Gasteiger charge is -2.26. The molecule has 0 saturated carbocycles. The average molecular weight is 347 g/mol. The molecular formula is C18H18FNO3S. The van der Waals surface area contributed by atoms with Gasteiger partial charge in [-0.1, -0.05) is 0 Å². The van der Waals surface area contributed by atoms with E-state index in [2.05, 4.69) is 5.32 Å². The lowest BCUT2D eigenvalue weighted by atomic mass is 10.0. The van der Waals surface area contributed by atoms with E-state index in [0.717, 1.165) is 28.2 Å². The maximum absolute atomic E-state index is 13.6. The monoisotopic (exact) mass is 347 g/mol. The molecule has 2 aliphatic rings. The number of fused-ring (bicyclic) bond motifs is 2. The van der Waals surface area contributed by atoms with Gasteiger partial charge in [0.2, 0.25) is 12.5 Å². The van der Waals surface area contributed by atoms with Crippen molar-refractivity contribution in [3.05, 3.63) is 47.3 Å². The van der Waals surface area contributed by atoms with E-state index >= 15 is 0 Å². The Kier molecular flexibility index (Phi) is 4.24. The molecule has 2 aliphatic heterocycles. The van der Waals surface area contributed by atoms with Gasteiger partial charge in [-0.3, -0.25) is 0 Å². The molecule has 0 bridgehead atoms. The minimum atomic E-state index is -0.187. The molecule has 2 heterocycles. The Morgan fingerprint density at radius 3 is 3.08 bits per heavy atom. The van der Waals surface area contributed by atoms with E-state index in [1.54, 1.807) is 24.9 Å². The molecule has 1 atom stereocenters. The average Bonchev–Trinajstić information content (AvgIpc) is 3.07. The molecule has 6 heteroatoms. The van der Waals surface area contributed by atoms with Gasteiger partial charge < -0.3 is 19.5 Å². The fourth-order valence-corrected chi connectivity index (χ4v) is 4.21. The fraction of sp³-hybridized carbons (Fsp3) is 0.333. The summed E-state index contributed by atoms with van der Waals surface area (Å²) in [6, 6.07) is 9.09. The number of hydrogen-bond acceptors (Lipinski definition) is 5. The summed E-state index contributed by atoms with van der Waals surface area (Å²) in [5.74, 6) is 2.88. The molecule has 0 amide bonds. The van der Waals surface area contributed by atoms with Crippen LogP contribution in [0.3, 0.4) is 0 Å². The van der Waals surface area contributed by atoms with Gasteiger partial charge in [0.15, 0.2) is 11.5 Å². The van der Waals surface area contributed by atoms with Gasteiger partial charge in [0.1, 0.15) is 5.82 Å². The number of halogens is 1. The van der Waals surface area contributed by atoms with E-state index < -0.39 is 0 Å². The zero-order valence-electron chi connectivity index (χ0n) is 13.3. The van der Waals surface area contributed by atoms with E-state index in [1.807, 2.05) is 18.2 Å². The molecule has 2 aromatic rings. The Balaban J connectivity index is 1.53. The third kappa shape index (κ3) is 2.91. The number of thioether (sulfide) groups is 1. The van der Waals surface area contributed by atoms with Crippen LogP contribution in [0.15, 0.2) is 35.2 Å². The zero-order valence-corrected chi connectivity index (χ0v) is 14.1. The first kappa shape index (κ1) is 15.6. The van der Waals surface area contributed by atoms with Crippen molar-refractivity contribution in [2.75, 3.05) is 19.7 Å². The molecule has 0 spiro atoms. The molecule has 24 heavy (non-hydrogen) atoms. The topological polar surface area (TPSA) is 39.7 Å². The van der Waals surface area contributed by atoms with Gasteiger partial charge in [-0.2, -0.15) is 0 Å². The van der Waals surface area contributed by atoms with Gasteiger partial charge in [-0.05, 0) is 53.6 Å². The maximum atomic E-state index is 13.6. The largest absolute Gasteiger partial charge is 0.493 e. The Hall–Kier alpha value is -1.92. The van der Waals surface area contributed by atoms with Gasteiger partial charge in [-0.15, -0.1) is 11.8 Å². The van der Waals surface area contributed by atoms with Crippen molar-refractivity contribution in [1.82, 2.24) is 5.32 Å². The number of rotatable bonds is 4. The highest BCUT2D eigenvalue weighted by Crippen LogP contribution is 2.42. The van der Waals surface area contributed by atoms with Crippen LogP contribution >= 0.6 is 11.8 Å². The van der Waals surface area contributed by atoms with Gasteiger partial charge in [-0.25, -0.2) is 4.39 Å². The van der Waals surface area contributed by atoms with Gasteiger partial charge in [0.05, 0.1) is 7.11 Å². The maximum Gasteiger partial charge on any atom is 0.231 e. The standard InChI is InChI=1S/C18H18FNO3S/c1-21-15-6-11(7-16-18(15)23-10-22-16)9-20-14-4-5-24-17-3-2-12(19)8-13(14)17/h2-3,6-8,14,20H,4-5,9-10H2,1H3. The summed E-state index contributed by atoms with van der Waals surface area (Å²) in [4.78, 5) is 1.16. The highest BCUT2D eigenvalue weighted by Gasteiger charge is 2.23. The lowest BCUT2D eigenvalue weighted by molar-refractivity contribution is 0.171. The predicted octanol–water partition coefficient (Wildman–Crippen LogP) is 3.89. The molecule has 126 valence electrons. The number of methoxy groups -OCH3 is 1. The Labute approximate surface area is 144 Å². The van der Waals surface area contributed by atoms with Crippen LogP contribution in [0.4, 0.5) is 4.39 Å². The fourth-order valence-electron chi connectivity index (χ4n) is 3.10. The Morgan fingerprint density at radius 2 is 2.21 bits per heavy atom. The Morgan fingerprint density at radius 1 is 1.29 bits per heavy atom. The zero-order chi connectivity index (χ0) is 16.5. The van der Waals surface area contributed by atoms with Crippen molar-refractivity contribution in [3.63, 3.8) is 0 Å². The summed E-state index contributed by atoms with van der Waals surface area (Å²) < 4.78 is 29.9. The van der Waals surface area contributed by atoms with Crippen molar-refractivity contribution in [3.8, 4) is 17.2 Å². The van der Waals surface area contributed by atoms with Crippen LogP contribution in [0.2, 0.25) is 0 Å². The summed E-state index contributed by atoms with van der Waals surface area (Å²) in [5, 5.41) is 3.53. The molecule has 4 nitrogen and oxygen atoms in total. The molecule has 1 N–H and O–H groups in total. The second-order valence-electron chi connectivity index (χ2n) is 5.78. The SMILES string of the molecule is COc1cc(CNC2CCSc3ccc(F)cc32)cc2c1OCO2. The predicted molar refractivity (Wildman–Crippen MR) is 90.4 cm³/mol. The molecule has 2 aromatic carbocycles. The minimum Gasteiger partial charge on any atom is -0.493 e. The van der Waals surface area contributed by atoms with Crippen LogP contribution in [0, 0.1) is 5.82 Å². The van der Waals surface area contributed by atoms with Crippen LogP contribution in [0.5, 0.6) is 17.2 Å². The van der Waals surface area contributed by atoms with E-state index in [-0.39, 0.29) is 18.7 Å². The van der Waals surface area contributed by atoms with Crippen LogP contribution in [0.1, 0.15) is 23.6 Å². The number of ether oxygens (including phenoxy) is 3. The minimum absolute atomic E-state index is 0.147. The molecule has 0 fully saturated rings. The number of hydrogen-bond donors (Lipinski definition) is 1. The van der Waals surface area contributed by atoms with Gasteiger partial charge in [0, 0.05) is 17.5 Å². The summed E-state index contributed by atoms with van der Waals surface area (Å²) in [7, 11) is 1.62. The van der Waals surface area contributed by atoms with Gasteiger partial charge in [0.25, 0.3) is 0 Å². The molecule has 4 rings (SSSR count). The Bertz CT molecular complexity index is 768. The van der Waals surface area contributed by atoms with Crippen LogP contribution in [0.25, 0.3) is 0 Å². The molecule has 0 aliphatic carbocycles. The highest BCUT2D eigenvalue weighted by molar-refractivity contribution is 7.99. The van der Waals surface area contributed by atoms with E-state index in [1.165, 1.54) is 6.07 Å². The lowest BCUT2D eigenvalue weighted by Crippen LogP contribution is -2.24. The van der Waals surface area contributed by atoms with Crippen molar-refractivity contribution in [1.29, 1.82) is 0 Å².